The molecule has 21 heavy (non-hydrogen) atoms. The second-order valence-electron chi connectivity index (χ2n) is 7.00. The molecule has 2 saturated carbocycles. The van der Waals surface area contributed by atoms with Crippen molar-refractivity contribution in [3.05, 3.63) is 17.6 Å². The molecule has 114 valence electrons. The molecule has 4 heteroatoms. The Morgan fingerprint density at radius 3 is 2.38 bits per heavy atom. The van der Waals surface area contributed by atoms with Crippen molar-refractivity contribution in [2.75, 3.05) is 5.32 Å². The summed E-state index contributed by atoms with van der Waals surface area (Å²) in [6.07, 6.45) is 5.93. The number of rotatable bonds is 6. The molecule has 2 aliphatic rings. The molecule has 0 spiro atoms. The Morgan fingerprint density at radius 1 is 1.24 bits per heavy atom. The Morgan fingerprint density at radius 2 is 1.86 bits per heavy atom. The van der Waals surface area contributed by atoms with Gasteiger partial charge in [-0.05, 0) is 50.4 Å². The number of carbonyl (C=O) groups excluding carboxylic acids is 1. The van der Waals surface area contributed by atoms with Gasteiger partial charge in [-0.15, -0.1) is 0 Å². The molecule has 0 radical (unpaired) electrons. The van der Waals surface area contributed by atoms with E-state index in [0.29, 0.717) is 18.2 Å². The lowest BCUT2D eigenvalue weighted by molar-refractivity contribution is -0.117. The summed E-state index contributed by atoms with van der Waals surface area (Å²) in [5, 5.41) is 2.98. The van der Waals surface area contributed by atoms with Crippen LogP contribution in [0.4, 0.5) is 5.82 Å². The van der Waals surface area contributed by atoms with Gasteiger partial charge in [0.25, 0.3) is 0 Å². The number of carbonyl (C=O) groups is 1. The number of aromatic nitrogens is 2. The lowest BCUT2D eigenvalue weighted by Gasteiger charge is -2.15. The number of anilines is 1. The molecule has 0 aromatic carbocycles. The Labute approximate surface area is 126 Å². The number of hydrogen-bond donors (Lipinski definition) is 1. The van der Waals surface area contributed by atoms with Gasteiger partial charge in [-0.25, -0.2) is 9.97 Å². The van der Waals surface area contributed by atoms with Crippen LogP contribution in [0.3, 0.4) is 0 Å². The van der Waals surface area contributed by atoms with Crippen molar-refractivity contribution in [1.29, 1.82) is 0 Å². The van der Waals surface area contributed by atoms with Crippen molar-refractivity contribution in [2.45, 2.75) is 58.8 Å². The number of nitrogens with zero attached hydrogens (tertiary/aromatic N) is 2. The molecule has 0 atom stereocenters. The number of nitrogens with one attached hydrogen (secondary N) is 1. The summed E-state index contributed by atoms with van der Waals surface area (Å²) in [5.74, 6) is 4.06. The minimum atomic E-state index is 0.117. The molecule has 2 fully saturated rings. The van der Waals surface area contributed by atoms with Gasteiger partial charge in [-0.3, -0.25) is 4.79 Å². The van der Waals surface area contributed by atoms with Crippen LogP contribution >= 0.6 is 0 Å². The van der Waals surface area contributed by atoms with Gasteiger partial charge in [0, 0.05) is 24.1 Å². The SMILES string of the molecule is Cc1cc(NC(=O)CC(C2CC2)C2CC2)nc(C(C)C)n1. The van der Waals surface area contributed by atoms with Crippen LogP contribution in [0.5, 0.6) is 0 Å². The Bertz CT molecular complexity index is 521. The molecule has 1 N–H and O–H groups in total. The fourth-order valence-corrected chi connectivity index (χ4v) is 3.09. The van der Waals surface area contributed by atoms with Gasteiger partial charge in [0.1, 0.15) is 11.6 Å². The number of aryl methyl sites for hydroxylation is 1. The average molecular weight is 287 g/mol. The van der Waals surface area contributed by atoms with E-state index in [2.05, 4.69) is 29.1 Å². The van der Waals surface area contributed by atoms with Crippen molar-refractivity contribution in [2.24, 2.45) is 17.8 Å². The van der Waals surface area contributed by atoms with Crippen LogP contribution in [0.25, 0.3) is 0 Å². The van der Waals surface area contributed by atoms with Crippen molar-refractivity contribution in [3.8, 4) is 0 Å². The first-order chi connectivity index (χ1) is 10.0. The van der Waals surface area contributed by atoms with Crippen molar-refractivity contribution in [3.63, 3.8) is 0 Å². The van der Waals surface area contributed by atoms with Crippen LogP contribution in [-0.2, 0) is 4.79 Å². The van der Waals surface area contributed by atoms with Crippen LogP contribution in [0.15, 0.2) is 6.07 Å². The lowest BCUT2D eigenvalue weighted by atomic mass is 9.94. The molecular weight excluding hydrogens is 262 g/mol. The summed E-state index contributed by atoms with van der Waals surface area (Å²) < 4.78 is 0. The van der Waals surface area contributed by atoms with Gasteiger partial charge in [0.15, 0.2) is 0 Å². The normalized spacial score (nSPS) is 18.3. The van der Waals surface area contributed by atoms with Crippen LogP contribution in [0.2, 0.25) is 0 Å². The summed E-state index contributed by atoms with van der Waals surface area (Å²) in [7, 11) is 0. The monoisotopic (exact) mass is 287 g/mol. The highest BCUT2D eigenvalue weighted by Crippen LogP contribution is 2.50. The maximum Gasteiger partial charge on any atom is 0.225 e. The van der Waals surface area contributed by atoms with E-state index in [9.17, 15) is 4.79 Å². The van der Waals surface area contributed by atoms with Crippen LogP contribution < -0.4 is 5.32 Å². The Kier molecular flexibility index (Phi) is 3.96. The maximum absolute atomic E-state index is 12.3. The van der Waals surface area contributed by atoms with Crippen LogP contribution in [-0.4, -0.2) is 15.9 Å². The molecule has 0 aliphatic heterocycles. The minimum absolute atomic E-state index is 0.117. The number of amides is 1. The average Bonchev–Trinajstić information content (AvgIpc) is 3.26. The third kappa shape index (κ3) is 3.80. The quantitative estimate of drug-likeness (QED) is 0.868. The molecule has 3 rings (SSSR count). The summed E-state index contributed by atoms with van der Waals surface area (Å²) in [6, 6.07) is 1.85. The predicted molar refractivity (Wildman–Crippen MR) is 83.0 cm³/mol. The smallest absolute Gasteiger partial charge is 0.225 e. The van der Waals surface area contributed by atoms with Crippen LogP contribution in [0, 0.1) is 24.7 Å². The molecule has 4 nitrogen and oxygen atoms in total. The molecule has 2 aliphatic carbocycles. The van der Waals surface area contributed by atoms with Crippen molar-refractivity contribution >= 4 is 11.7 Å². The van der Waals surface area contributed by atoms with E-state index in [4.69, 9.17) is 0 Å². The first-order valence-corrected chi connectivity index (χ1v) is 8.18. The zero-order valence-electron chi connectivity index (χ0n) is 13.2. The van der Waals surface area contributed by atoms with E-state index in [1.165, 1.54) is 25.7 Å². The van der Waals surface area contributed by atoms with E-state index in [0.717, 1.165) is 23.4 Å². The summed E-state index contributed by atoms with van der Waals surface area (Å²) in [5.41, 5.74) is 0.907. The zero-order chi connectivity index (χ0) is 15.0. The molecule has 0 saturated heterocycles. The molecule has 1 aromatic rings. The highest BCUT2D eigenvalue weighted by molar-refractivity contribution is 5.90. The van der Waals surface area contributed by atoms with Gasteiger partial charge in [-0.2, -0.15) is 0 Å². The third-order valence-corrected chi connectivity index (χ3v) is 4.53. The second kappa shape index (κ2) is 5.74. The third-order valence-electron chi connectivity index (χ3n) is 4.53. The Hall–Kier alpha value is -1.45. The summed E-state index contributed by atoms with van der Waals surface area (Å²) in [4.78, 5) is 21.2. The van der Waals surface area contributed by atoms with Gasteiger partial charge < -0.3 is 5.32 Å². The van der Waals surface area contributed by atoms with Crippen LogP contribution in [0.1, 0.15) is 63.4 Å². The zero-order valence-corrected chi connectivity index (χ0v) is 13.2. The first kappa shape index (κ1) is 14.5. The van der Waals surface area contributed by atoms with Gasteiger partial charge in [0.2, 0.25) is 5.91 Å². The fraction of sp³-hybridized carbons (Fsp3) is 0.706. The van der Waals surface area contributed by atoms with E-state index in [1.807, 2.05) is 13.0 Å². The highest BCUT2D eigenvalue weighted by Gasteiger charge is 2.42. The lowest BCUT2D eigenvalue weighted by Crippen LogP contribution is -2.20. The molecule has 1 heterocycles. The van der Waals surface area contributed by atoms with E-state index in [-0.39, 0.29) is 11.8 Å². The fourth-order valence-electron chi connectivity index (χ4n) is 3.09. The molecular formula is C17H25N3O. The summed E-state index contributed by atoms with van der Waals surface area (Å²) in [6.45, 7) is 6.08. The van der Waals surface area contributed by atoms with Gasteiger partial charge >= 0.3 is 0 Å². The molecule has 0 unspecified atom stereocenters. The molecule has 1 amide bonds. The molecule has 1 aromatic heterocycles. The second-order valence-corrected chi connectivity index (χ2v) is 7.00. The topological polar surface area (TPSA) is 54.9 Å². The first-order valence-electron chi connectivity index (χ1n) is 8.18. The van der Waals surface area contributed by atoms with E-state index < -0.39 is 0 Å². The maximum atomic E-state index is 12.3. The predicted octanol–water partition coefficient (Wildman–Crippen LogP) is 3.67. The molecule has 0 bridgehead atoms. The largest absolute Gasteiger partial charge is 0.311 e. The van der Waals surface area contributed by atoms with E-state index in [1.54, 1.807) is 0 Å². The number of hydrogen-bond acceptors (Lipinski definition) is 3. The van der Waals surface area contributed by atoms with Gasteiger partial charge in [-0.1, -0.05) is 13.8 Å². The Balaban J connectivity index is 1.63. The van der Waals surface area contributed by atoms with Crippen molar-refractivity contribution < 1.29 is 4.79 Å². The van der Waals surface area contributed by atoms with E-state index >= 15 is 0 Å². The van der Waals surface area contributed by atoms with Crippen molar-refractivity contribution in [1.82, 2.24) is 9.97 Å². The minimum Gasteiger partial charge on any atom is -0.311 e. The van der Waals surface area contributed by atoms with Gasteiger partial charge in [0.05, 0.1) is 0 Å². The standard InChI is InChI=1S/C17H25N3O/c1-10(2)17-18-11(3)8-15(20-17)19-16(21)9-14(12-4-5-12)13-6-7-13/h8,10,12-14H,4-7,9H2,1-3H3,(H,18,19,20,21). The summed E-state index contributed by atoms with van der Waals surface area (Å²) >= 11 is 0. The highest BCUT2D eigenvalue weighted by atomic mass is 16.1.